The fourth-order valence-electron chi connectivity index (χ4n) is 3.42. The van der Waals surface area contributed by atoms with Crippen molar-refractivity contribution in [3.05, 3.63) is 29.2 Å². The van der Waals surface area contributed by atoms with Gasteiger partial charge in [0.05, 0.1) is 6.26 Å². The van der Waals surface area contributed by atoms with Gasteiger partial charge in [-0.05, 0) is 44.0 Å². The van der Waals surface area contributed by atoms with Crippen LogP contribution in [-0.2, 0) is 0 Å². The molecule has 0 saturated carbocycles. The summed E-state index contributed by atoms with van der Waals surface area (Å²) in [5.41, 5.74) is 0.876. The van der Waals surface area contributed by atoms with Gasteiger partial charge in [-0.25, -0.2) is 4.98 Å². The van der Waals surface area contributed by atoms with Gasteiger partial charge in [0.1, 0.15) is 5.69 Å². The first kappa shape index (κ1) is 13.1. The normalized spacial score (nSPS) is 28.0. The topological polar surface area (TPSA) is 58.4 Å². The highest BCUT2D eigenvalue weighted by molar-refractivity contribution is 6.33. The van der Waals surface area contributed by atoms with Crippen LogP contribution in [0.5, 0.6) is 0 Å². The van der Waals surface area contributed by atoms with E-state index in [-0.39, 0.29) is 17.1 Å². The van der Waals surface area contributed by atoms with Gasteiger partial charge in [0.2, 0.25) is 0 Å². The molecular formula is C15H16ClN3O2. The molecule has 3 fully saturated rings. The molecule has 2 aromatic rings. The molecular weight excluding hydrogens is 290 g/mol. The Labute approximate surface area is 127 Å². The molecule has 0 unspecified atom stereocenters. The van der Waals surface area contributed by atoms with Crippen LogP contribution < -0.4 is 5.32 Å². The van der Waals surface area contributed by atoms with Gasteiger partial charge >= 0.3 is 0 Å². The predicted octanol–water partition coefficient (Wildman–Crippen LogP) is 2.31. The van der Waals surface area contributed by atoms with Crippen LogP contribution >= 0.6 is 11.6 Å². The van der Waals surface area contributed by atoms with Crippen molar-refractivity contribution in [3.63, 3.8) is 0 Å². The highest BCUT2D eigenvalue weighted by Gasteiger charge is 2.35. The lowest BCUT2D eigenvalue weighted by Gasteiger charge is -2.44. The zero-order chi connectivity index (χ0) is 14.4. The SMILES string of the molecule is O=C(N[C@H]1CN2CCC1CC2)c1cc2ccoc2c(Cl)n1. The van der Waals surface area contributed by atoms with Gasteiger partial charge < -0.3 is 14.6 Å². The van der Waals surface area contributed by atoms with Crippen molar-refractivity contribution in [2.75, 3.05) is 19.6 Å². The second-order valence-electron chi connectivity index (χ2n) is 5.86. The highest BCUT2D eigenvalue weighted by Crippen LogP contribution is 2.28. The number of rotatable bonds is 2. The Morgan fingerprint density at radius 2 is 2.24 bits per heavy atom. The number of nitrogens with zero attached hydrogens (tertiary/aromatic N) is 2. The smallest absolute Gasteiger partial charge is 0.270 e. The van der Waals surface area contributed by atoms with E-state index in [1.54, 1.807) is 18.4 Å². The largest absolute Gasteiger partial charge is 0.461 e. The standard InChI is InChI=1S/C15H16ClN3O2/c16-14-13-10(3-6-21-13)7-11(17-14)15(20)18-12-8-19-4-1-9(12)2-5-19/h3,6-7,9,12H,1-2,4-5,8H2,(H,18,20)/t12-/m0/s1. The summed E-state index contributed by atoms with van der Waals surface area (Å²) in [6, 6.07) is 3.73. The fourth-order valence-corrected chi connectivity index (χ4v) is 3.67. The van der Waals surface area contributed by atoms with Crippen molar-refractivity contribution in [1.29, 1.82) is 0 Å². The molecule has 5 heterocycles. The predicted molar refractivity (Wildman–Crippen MR) is 79.4 cm³/mol. The van der Waals surface area contributed by atoms with Crippen LogP contribution in [-0.4, -0.2) is 41.5 Å². The molecule has 3 saturated heterocycles. The Bertz CT molecular complexity index is 691. The molecule has 0 spiro atoms. The number of hydrogen-bond acceptors (Lipinski definition) is 4. The van der Waals surface area contributed by atoms with E-state index in [9.17, 15) is 4.79 Å². The molecule has 1 atom stereocenters. The van der Waals surface area contributed by atoms with E-state index < -0.39 is 0 Å². The number of carbonyl (C=O) groups is 1. The van der Waals surface area contributed by atoms with E-state index >= 15 is 0 Å². The number of amides is 1. The van der Waals surface area contributed by atoms with E-state index in [0.29, 0.717) is 17.2 Å². The molecule has 1 amide bonds. The summed E-state index contributed by atoms with van der Waals surface area (Å²) in [4.78, 5) is 19.0. The third-order valence-corrected chi connectivity index (χ3v) is 4.86. The first-order chi connectivity index (χ1) is 10.2. The van der Waals surface area contributed by atoms with Crippen molar-refractivity contribution in [2.24, 2.45) is 5.92 Å². The van der Waals surface area contributed by atoms with Crippen LogP contribution in [0.3, 0.4) is 0 Å². The third kappa shape index (κ3) is 2.30. The Balaban J connectivity index is 1.56. The zero-order valence-electron chi connectivity index (χ0n) is 11.5. The average molecular weight is 306 g/mol. The van der Waals surface area contributed by atoms with E-state index in [1.165, 1.54) is 12.8 Å². The molecule has 5 nitrogen and oxygen atoms in total. The molecule has 0 aromatic carbocycles. The van der Waals surface area contributed by atoms with Crippen LogP contribution in [0.25, 0.3) is 11.0 Å². The summed E-state index contributed by atoms with van der Waals surface area (Å²) in [7, 11) is 0. The lowest BCUT2D eigenvalue weighted by atomic mass is 9.84. The number of pyridine rings is 1. The first-order valence-electron chi connectivity index (χ1n) is 7.27. The van der Waals surface area contributed by atoms with E-state index in [0.717, 1.165) is 25.0 Å². The van der Waals surface area contributed by atoms with E-state index in [4.69, 9.17) is 16.0 Å². The van der Waals surface area contributed by atoms with Gasteiger partial charge in [-0.3, -0.25) is 4.79 Å². The minimum atomic E-state index is -0.154. The van der Waals surface area contributed by atoms with Crippen molar-refractivity contribution in [1.82, 2.24) is 15.2 Å². The lowest BCUT2D eigenvalue weighted by molar-refractivity contribution is 0.0618. The quantitative estimate of drug-likeness (QED) is 0.865. The van der Waals surface area contributed by atoms with Crippen LogP contribution in [0.2, 0.25) is 5.15 Å². The Morgan fingerprint density at radius 1 is 1.43 bits per heavy atom. The van der Waals surface area contributed by atoms with E-state index in [2.05, 4.69) is 15.2 Å². The number of aromatic nitrogens is 1. The zero-order valence-corrected chi connectivity index (χ0v) is 12.3. The molecule has 21 heavy (non-hydrogen) atoms. The number of fused-ring (bicyclic) bond motifs is 4. The van der Waals surface area contributed by atoms with Gasteiger partial charge in [-0.1, -0.05) is 11.6 Å². The highest BCUT2D eigenvalue weighted by atomic mass is 35.5. The summed E-state index contributed by atoms with van der Waals surface area (Å²) < 4.78 is 5.24. The summed E-state index contributed by atoms with van der Waals surface area (Å²) in [5, 5.41) is 4.15. The summed E-state index contributed by atoms with van der Waals surface area (Å²) in [5.74, 6) is 0.436. The number of carbonyl (C=O) groups excluding carboxylic acids is 1. The van der Waals surface area contributed by atoms with Gasteiger partial charge in [0.25, 0.3) is 5.91 Å². The van der Waals surface area contributed by atoms with Gasteiger partial charge in [-0.2, -0.15) is 0 Å². The van der Waals surface area contributed by atoms with E-state index in [1.807, 2.05) is 0 Å². The molecule has 0 radical (unpaired) electrons. The van der Waals surface area contributed by atoms with Crippen LogP contribution in [0, 0.1) is 5.92 Å². The molecule has 110 valence electrons. The average Bonchev–Trinajstić information content (AvgIpc) is 2.97. The third-order valence-electron chi connectivity index (χ3n) is 4.60. The summed E-state index contributed by atoms with van der Waals surface area (Å²) in [6.07, 6.45) is 3.88. The molecule has 2 aromatic heterocycles. The first-order valence-corrected chi connectivity index (χ1v) is 7.65. The minimum absolute atomic E-state index is 0.154. The maximum atomic E-state index is 12.4. The lowest BCUT2D eigenvalue weighted by Crippen LogP contribution is -2.57. The Kier molecular flexibility index (Phi) is 3.12. The Morgan fingerprint density at radius 3 is 2.95 bits per heavy atom. The maximum Gasteiger partial charge on any atom is 0.270 e. The second kappa shape index (κ2) is 5.00. The molecule has 3 aliphatic heterocycles. The monoisotopic (exact) mass is 305 g/mol. The number of piperidine rings is 3. The second-order valence-corrected chi connectivity index (χ2v) is 6.21. The summed E-state index contributed by atoms with van der Waals surface area (Å²) >= 11 is 6.06. The van der Waals surface area contributed by atoms with Crippen molar-refractivity contribution < 1.29 is 9.21 Å². The minimum Gasteiger partial charge on any atom is -0.461 e. The van der Waals surface area contributed by atoms with Crippen molar-refractivity contribution >= 4 is 28.5 Å². The molecule has 1 N–H and O–H groups in total. The number of hydrogen-bond donors (Lipinski definition) is 1. The molecule has 3 aliphatic rings. The van der Waals surface area contributed by atoms with Crippen molar-refractivity contribution in [2.45, 2.75) is 18.9 Å². The van der Waals surface area contributed by atoms with Crippen LogP contribution in [0.4, 0.5) is 0 Å². The van der Waals surface area contributed by atoms with Crippen molar-refractivity contribution in [3.8, 4) is 0 Å². The maximum absolute atomic E-state index is 12.4. The fraction of sp³-hybridized carbons (Fsp3) is 0.467. The van der Waals surface area contributed by atoms with Gasteiger partial charge in [0.15, 0.2) is 10.7 Å². The van der Waals surface area contributed by atoms with Crippen LogP contribution in [0.15, 0.2) is 22.8 Å². The summed E-state index contributed by atoms with van der Waals surface area (Å²) in [6.45, 7) is 3.25. The number of nitrogens with one attached hydrogen (secondary N) is 1. The number of furan rings is 1. The van der Waals surface area contributed by atoms with Crippen LogP contribution in [0.1, 0.15) is 23.3 Å². The number of halogens is 1. The molecule has 2 bridgehead atoms. The molecule has 6 heteroatoms. The van der Waals surface area contributed by atoms with Gasteiger partial charge in [0, 0.05) is 18.0 Å². The Hall–Kier alpha value is -1.59. The molecule has 5 rings (SSSR count). The molecule has 0 aliphatic carbocycles. The van der Waals surface area contributed by atoms with Gasteiger partial charge in [-0.15, -0.1) is 0 Å².